The van der Waals surface area contributed by atoms with Gasteiger partial charge in [-0.25, -0.2) is 0 Å². The molecule has 0 amide bonds. The highest BCUT2D eigenvalue weighted by atomic mass is 14.7. The molecule has 0 rings (SSSR count). The van der Waals surface area contributed by atoms with E-state index in [0.29, 0.717) is 18.7 Å². The Hall–Kier alpha value is -0.740. The molecule has 0 aliphatic heterocycles. The monoisotopic (exact) mass is 128 g/mol. The molecule has 0 saturated carbocycles. The summed E-state index contributed by atoms with van der Waals surface area (Å²) in [6.07, 6.45) is 1.52. The van der Waals surface area contributed by atoms with Crippen LogP contribution in [0.15, 0.2) is 0 Å². The van der Waals surface area contributed by atoms with Crippen LogP contribution < -0.4 is 11.5 Å². The Kier molecular flexibility index (Phi) is 3.83. The molecule has 0 aromatic rings. The second kappa shape index (κ2) is 4.17. The minimum absolute atomic E-state index is 0.326. The molecule has 0 aromatic heterocycles. The maximum Gasteiger partial charge on any atom is 0.0776 e. The Morgan fingerprint density at radius 1 is 1.67 bits per heavy atom. The number of nitrogens with one attached hydrogen (secondary N) is 2. The Balaban J connectivity index is 3.58. The smallest absolute Gasteiger partial charge is 0.0776 e. The molecule has 52 valence electrons. The van der Waals surface area contributed by atoms with Gasteiger partial charge in [-0.2, -0.15) is 0 Å². The molecule has 0 bridgehead atoms. The van der Waals surface area contributed by atoms with Crippen molar-refractivity contribution >= 4 is 11.9 Å². The lowest BCUT2D eigenvalue weighted by molar-refractivity contribution is 0.979. The standard InChI is InChI=1S/C5H12N4/c6-2-1-4(8)5(9)3-7/h3,5,7-8H,1-2,6,9H2. The van der Waals surface area contributed by atoms with Crippen LogP contribution in [0.5, 0.6) is 0 Å². The first-order valence-electron chi connectivity index (χ1n) is 2.76. The van der Waals surface area contributed by atoms with Gasteiger partial charge in [-0.15, -0.1) is 0 Å². The molecule has 0 aliphatic carbocycles. The van der Waals surface area contributed by atoms with E-state index in [4.69, 9.17) is 22.3 Å². The molecular weight excluding hydrogens is 116 g/mol. The average Bonchev–Trinajstić information content (AvgIpc) is 1.87. The van der Waals surface area contributed by atoms with Crippen LogP contribution in [-0.2, 0) is 0 Å². The fourth-order valence-corrected chi connectivity index (χ4v) is 0.423. The van der Waals surface area contributed by atoms with E-state index in [1.807, 2.05) is 0 Å². The van der Waals surface area contributed by atoms with Crippen molar-refractivity contribution in [2.45, 2.75) is 12.5 Å². The van der Waals surface area contributed by atoms with Crippen molar-refractivity contribution in [2.75, 3.05) is 6.54 Å². The summed E-state index contributed by atoms with van der Waals surface area (Å²) in [5, 5.41) is 13.8. The summed E-state index contributed by atoms with van der Waals surface area (Å²) in [4.78, 5) is 0. The van der Waals surface area contributed by atoms with Crippen molar-refractivity contribution < 1.29 is 0 Å². The van der Waals surface area contributed by atoms with Crippen LogP contribution in [0.3, 0.4) is 0 Å². The van der Waals surface area contributed by atoms with Gasteiger partial charge in [0.2, 0.25) is 0 Å². The van der Waals surface area contributed by atoms with E-state index < -0.39 is 6.04 Å². The Labute approximate surface area is 54.2 Å². The fraction of sp³-hybridized carbons (Fsp3) is 0.600. The predicted molar refractivity (Wildman–Crippen MR) is 38.2 cm³/mol. The maximum absolute atomic E-state index is 7.14. The SMILES string of the molecule is N=CC(N)C(=N)CCN. The van der Waals surface area contributed by atoms with Crippen molar-refractivity contribution in [1.29, 1.82) is 10.8 Å². The molecule has 0 spiro atoms. The maximum atomic E-state index is 7.14. The molecule has 1 atom stereocenters. The zero-order valence-electron chi connectivity index (χ0n) is 5.22. The van der Waals surface area contributed by atoms with Crippen LogP contribution in [0.1, 0.15) is 6.42 Å². The molecule has 0 heterocycles. The predicted octanol–water partition coefficient (Wildman–Crippen LogP) is -0.668. The summed E-state index contributed by atoms with van der Waals surface area (Å²) in [5.74, 6) is 0. The minimum Gasteiger partial charge on any atom is -0.330 e. The highest BCUT2D eigenvalue weighted by Crippen LogP contribution is 1.83. The van der Waals surface area contributed by atoms with Crippen molar-refractivity contribution in [3.05, 3.63) is 0 Å². The number of hydrogen-bond donors (Lipinski definition) is 4. The minimum atomic E-state index is -0.534. The van der Waals surface area contributed by atoms with Gasteiger partial charge in [-0.05, 0) is 13.0 Å². The van der Waals surface area contributed by atoms with Crippen LogP contribution in [0.25, 0.3) is 0 Å². The third-order valence-corrected chi connectivity index (χ3v) is 0.996. The third-order valence-electron chi connectivity index (χ3n) is 0.996. The van der Waals surface area contributed by atoms with Crippen LogP contribution in [0.4, 0.5) is 0 Å². The number of nitrogens with two attached hydrogens (primary N) is 2. The molecule has 4 nitrogen and oxygen atoms in total. The van der Waals surface area contributed by atoms with Gasteiger partial charge in [-0.1, -0.05) is 0 Å². The molecule has 4 heteroatoms. The van der Waals surface area contributed by atoms with Gasteiger partial charge < -0.3 is 22.3 Å². The zero-order valence-corrected chi connectivity index (χ0v) is 5.22. The van der Waals surface area contributed by atoms with E-state index >= 15 is 0 Å². The van der Waals surface area contributed by atoms with Gasteiger partial charge in [0.25, 0.3) is 0 Å². The van der Waals surface area contributed by atoms with Gasteiger partial charge in [0.15, 0.2) is 0 Å². The summed E-state index contributed by atoms with van der Waals surface area (Å²) < 4.78 is 0. The molecule has 1 unspecified atom stereocenters. The summed E-state index contributed by atoms with van der Waals surface area (Å²) in [6, 6.07) is -0.534. The Morgan fingerprint density at radius 2 is 2.22 bits per heavy atom. The first-order chi connectivity index (χ1) is 4.22. The lowest BCUT2D eigenvalue weighted by Gasteiger charge is -2.04. The molecule has 9 heavy (non-hydrogen) atoms. The number of rotatable bonds is 4. The topological polar surface area (TPSA) is 99.7 Å². The van der Waals surface area contributed by atoms with Crippen molar-refractivity contribution in [2.24, 2.45) is 11.5 Å². The van der Waals surface area contributed by atoms with E-state index in [1.54, 1.807) is 0 Å². The molecule has 0 aromatic carbocycles. The second-order valence-electron chi connectivity index (χ2n) is 1.76. The summed E-state index contributed by atoms with van der Waals surface area (Å²) >= 11 is 0. The Bertz CT molecular complexity index is 110. The molecular formula is C5H12N4. The largest absolute Gasteiger partial charge is 0.330 e. The summed E-state index contributed by atoms with van der Waals surface area (Å²) in [7, 11) is 0. The lowest BCUT2D eigenvalue weighted by Crippen LogP contribution is -2.32. The van der Waals surface area contributed by atoms with Crippen LogP contribution in [0, 0.1) is 10.8 Å². The molecule has 0 radical (unpaired) electrons. The summed E-state index contributed by atoms with van der Waals surface area (Å²) in [5.41, 5.74) is 10.8. The van der Waals surface area contributed by atoms with Crippen molar-refractivity contribution in [3.8, 4) is 0 Å². The highest BCUT2D eigenvalue weighted by Gasteiger charge is 2.02. The van der Waals surface area contributed by atoms with E-state index in [2.05, 4.69) is 0 Å². The van der Waals surface area contributed by atoms with Crippen LogP contribution in [-0.4, -0.2) is 24.5 Å². The van der Waals surface area contributed by atoms with Crippen molar-refractivity contribution in [1.82, 2.24) is 0 Å². The molecule has 0 fully saturated rings. The van der Waals surface area contributed by atoms with E-state index in [9.17, 15) is 0 Å². The highest BCUT2D eigenvalue weighted by molar-refractivity contribution is 5.99. The quantitative estimate of drug-likeness (QED) is 0.377. The molecule has 0 saturated heterocycles. The van der Waals surface area contributed by atoms with Gasteiger partial charge in [0, 0.05) is 11.9 Å². The van der Waals surface area contributed by atoms with Crippen LogP contribution in [0.2, 0.25) is 0 Å². The van der Waals surface area contributed by atoms with Gasteiger partial charge in [0.1, 0.15) is 0 Å². The normalized spacial score (nSPS) is 12.7. The molecule has 0 aliphatic rings. The van der Waals surface area contributed by atoms with Gasteiger partial charge >= 0.3 is 0 Å². The zero-order chi connectivity index (χ0) is 7.28. The van der Waals surface area contributed by atoms with Crippen LogP contribution >= 0.6 is 0 Å². The van der Waals surface area contributed by atoms with E-state index in [-0.39, 0.29) is 0 Å². The van der Waals surface area contributed by atoms with Gasteiger partial charge in [-0.3, -0.25) is 0 Å². The van der Waals surface area contributed by atoms with Gasteiger partial charge in [0.05, 0.1) is 6.04 Å². The number of hydrogen-bond acceptors (Lipinski definition) is 4. The van der Waals surface area contributed by atoms with E-state index in [1.165, 1.54) is 0 Å². The Morgan fingerprint density at radius 3 is 2.56 bits per heavy atom. The molecule has 6 N–H and O–H groups in total. The summed E-state index contributed by atoms with van der Waals surface area (Å²) in [6.45, 7) is 0.431. The van der Waals surface area contributed by atoms with E-state index in [0.717, 1.165) is 6.21 Å². The third kappa shape index (κ3) is 2.94. The first kappa shape index (κ1) is 8.26. The average molecular weight is 128 g/mol. The second-order valence-corrected chi connectivity index (χ2v) is 1.76. The first-order valence-corrected chi connectivity index (χ1v) is 2.76. The lowest BCUT2D eigenvalue weighted by atomic mass is 10.1. The van der Waals surface area contributed by atoms with Crippen molar-refractivity contribution in [3.63, 3.8) is 0 Å². The fourth-order valence-electron chi connectivity index (χ4n) is 0.423.